The first-order valence-corrected chi connectivity index (χ1v) is 6.08. The van der Waals surface area contributed by atoms with Crippen molar-refractivity contribution in [3.8, 4) is 0 Å². The molecule has 15 heavy (non-hydrogen) atoms. The Kier molecular flexibility index (Phi) is 3.41. The number of carbonyl (C=O) groups is 1. The summed E-state index contributed by atoms with van der Waals surface area (Å²) in [5.41, 5.74) is 0. The lowest BCUT2D eigenvalue weighted by atomic mass is 10.2. The number of nitrogens with one attached hydrogen (secondary N) is 1. The summed E-state index contributed by atoms with van der Waals surface area (Å²) in [7, 11) is 0. The summed E-state index contributed by atoms with van der Waals surface area (Å²) >= 11 is 4.47. The van der Waals surface area contributed by atoms with E-state index >= 15 is 0 Å². The third kappa shape index (κ3) is 2.78. The van der Waals surface area contributed by atoms with Gasteiger partial charge in [-0.2, -0.15) is 12.6 Å². The van der Waals surface area contributed by atoms with Gasteiger partial charge in [0.15, 0.2) is 0 Å². The zero-order chi connectivity index (χ0) is 10.8. The Morgan fingerprint density at radius 3 is 2.80 bits per heavy atom. The summed E-state index contributed by atoms with van der Waals surface area (Å²) in [6.07, 6.45) is 3.33. The summed E-state index contributed by atoms with van der Waals surface area (Å²) in [5.74, 6) is 0. The molecule has 2 aliphatic rings. The largest absolute Gasteiger partial charge is 0.465 e. The maximum atomic E-state index is 10.5. The van der Waals surface area contributed by atoms with E-state index in [1.165, 1.54) is 0 Å². The van der Waals surface area contributed by atoms with Crippen LogP contribution in [0.2, 0.25) is 0 Å². The molecule has 1 aliphatic carbocycles. The summed E-state index contributed by atoms with van der Waals surface area (Å²) in [4.78, 5) is 13.0. The van der Waals surface area contributed by atoms with E-state index in [2.05, 4.69) is 22.8 Å². The lowest BCUT2D eigenvalue weighted by Gasteiger charge is -2.23. The van der Waals surface area contributed by atoms with E-state index in [1.54, 1.807) is 0 Å². The quantitative estimate of drug-likeness (QED) is 0.624. The fraction of sp³-hybridized carbons (Fsp3) is 0.900. The fourth-order valence-electron chi connectivity index (χ4n) is 2.69. The van der Waals surface area contributed by atoms with Gasteiger partial charge in [0, 0.05) is 23.9 Å². The van der Waals surface area contributed by atoms with Crippen LogP contribution in [0.4, 0.5) is 4.79 Å². The highest BCUT2D eigenvalue weighted by Crippen LogP contribution is 2.28. The van der Waals surface area contributed by atoms with Crippen LogP contribution in [0.25, 0.3) is 0 Å². The van der Waals surface area contributed by atoms with Crippen LogP contribution in [-0.4, -0.2) is 46.5 Å². The van der Waals surface area contributed by atoms with Gasteiger partial charge in [0.1, 0.15) is 0 Å². The van der Waals surface area contributed by atoms with E-state index in [0.717, 1.165) is 38.8 Å². The summed E-state index contributed by atoms with van der Waals surface area (Å²) in [5, 5.41) is 11.7. The predicted molar refractivity (Wildman–Crippen MR) is 61.6 cm³/mol. The fourth-order valence-corrected chi connectivity index (χ4v) is 3.02. The minimum absolute atomic E-state index is 0.159. The van der Waals surface area contributed by atoms with Crippen LogP contribution < -0.4 is 5.32 Å². The maximum absolute atomic E-state index is 10.5. The molecule has 1 saturated heterocycles. The van der Waals surface area contributed by atoms with Crippen molar-refractivity contribution >= 4 is 18.7 Å². The van der Waals surface area contributed by atoms with Gasteiger partial charge in [-0.15, -0.1) is 0 Å². The first-order chi connectivity index (χ1) is 7.15. The normalized spacial score (nSPS) is 37.0. The summed E-state index contributed by atoms with van der Waals surface area (Å²) in [6.45, 7) is 2.19. The summed E-state index contributed by atoms with van der Waals surface area (Å²) < 4.78 is 0. The molecule has 2 fully saturated rings. The SMILES string of the molecule is O=C(O)N[C@@H]1CC[C@H](N2CCC(S)C2)C1. The molecule has 0 aromatic heterocycles. The Morgan fingerprint density at radius 1 is 1.40 bits per heavy atom. The van der Waals surface area contributed by atoms with E-state index in [4.69, 9.17) is 5.11 Å². The van der Waals surface area contributed by atoms with E-state index in [1.807, 2.05) is 0 Å². The van der Waals surface area contributed by atoms with E-state index in [9.17, 15) is 4.79 Å². The molecule has 0 aromatic rings. The Balaban J connectivity index is 1.79. The van der Waals surface area contributed by atoms with Crippen LogP contribution in [0, 0.1) is 0 Å². The molecule has 0 aromatic carbocycles. The molecule has 2 rings (SSSR count). The van der Waals surface area contributed by atoms with Gasteiger partial charge in [0.05, 0.1) is 0 Å². The van der Waals surface area contributed by atoms with Gasteiger partial charge in [0.25, 0.3) is 0 Å². The maximum Gasteiger partial charge on any atom is 0.404 e. The Labute approximate surface area is 95.4 Å². The molecule has 1 amide bonds. The Hall–Kier alpha value is -0.420. The van der Waals surface area contributed by atoms with E-state index < -0.39 is 6.09 Å². The number of hydrogen-bond acceptors (Lipinski definition) is 3. The van der Waals surface area contributed by atoms with Crippen molar-refractivity contribution in [2.75, 3.05) is 13.1 Å². The zero-order valence-corrected chi connectivity index (χ0v) is 9.62. The molecule has 0 spiro atoms. The number of rotatable bonds is 2. The van der Waals surface area contributed by atoms with Crippen molar-refractivity contribution in [2.45, 2.75) is 43.0 Å². The Bertz CT molecular complexity index is 250. The summed E-state index contributed by atoms with van der Waals surface area (Å²) in [6, 6.07) is 0.727. The molecular formula is C10H18N2O2S. The van der Waals surface area contributed by atoms with Crippen LogP contribution in [-0.2, 0) is 0 Å². The molecule has 5 heteroatoms. The highest BCUT2D eigenvalue weighted by molar-refractivity contribution is 7.81. The molecular weight excluding hydrogens is 212 g/mol. The Morgan fingerprint density at radius 2 is 2.20 bits per heavy atom. The van der Waals surface area contributed by atoms with Crippen LogP contribution >= 0.6 is 12.6 Å². The van der Waals surface area contributed by atoms with Crippen LogP contribution in [0.1, 0.15) is 25.7 Å². The van der Waals surface area contributed by atoms with Gasteiger partial charge in [-0.25, -0.2) is 4.79 Å². The van der Waals surface area contributed by atoms with E-state index in [-0.39, 0.29) is 6.04 Å². The van der Waals surface area contributed by atoms with Gasteiger partial charge in [-0.05, 0) is 32.2 Å². The number of carboxylic acid groups (broad SMARTS) is 1. The molecule has 86 valence electrons. The zero-order valence-electron chi connectivity index (χ0n) is 8.72. The monoisotopic (exact) mass is 230 g/mol. The smallest absolute Gasteiger partial charge is 0.404 e. The second-order valence-corrected chi connectivity index (χ2v) is 5.28. The van der Waals surface area contributed by atoms with Gasteiger partial charge < -0.3 is 10.4 Å². The lowest BCUT2D eigenvalue weighted by Crippen LogP contribution is -2.35. The number of thiol groups is 1. The second kappa shape index (κ2) is 4.61. The molecule has 1 heterocycles. The molecule has 1 aliphatic heterocycles. The average Bonchev–Trinajstić information content (AvgIpc) is 2.72. The minimum atomic E-state index is -0.894. The highest BCUT2D eigenvalue weighted by atomic mass is 32.1. The first-order valence-electron chi connectivity index (χ1n) is 5.56. The average molecular weight is 230 g/mol. The van der Waals surface area contributed by atoms with Crippen molar-refractivity contribution in [1.82, 2.24) is 10.2 Å². The number of nitrogens with zero attached hydrogens (tertiary/aromatic N) is 1. The van der Waals surface area contributed by atoms with Crippen molar-refractivity contribution in [3.05, 3.63) is 0 Å². The number of amides is 1. The molecule has 1 unspecified atom stereocenters. The number of hydrogen-bond donors (Lipinski definition) is 3. The molecule has 0 radical (unpaired) electrons. The third-order valence-corrected chi connectivity index (χ3v) is 3.87. The van der Waals surface area contributed by atoms with E-state index in [0.29, 0.717) is 11.3 Å². The standard InChI is InChI=1S/C10H18N2O2S/c13-10(14)11-7-1-2-8(5-7)12-4-3-9(15)6-12/h7-9,11,15H,1-6H2,(H,13,14)/t7-,8+,9?/m1/s1. The molecule has 1 saturated carbocycles. The number of likely N-dealkylation sites (tertiary alicyclic amines) is 1. The molecule has 0 bridgehead atoms. The minimum Gasteiger partial charge on any atom is -0.465 e. The van der Waals surface area contributed by atoms with Crippen molar-refractivity contribution in [1.29, 1.82) is 0 Å². The lowest BCUT2D eigenvalue weighted by molar-refractivity contribution is 0.188. The highest BCUT2D eigenvalue weighted by Gasteiger charge is 2.33. The van der Waals surface area contributed by atoms with Gasteiger partial charge in [0.2, 0.25) is 0 Å². The first kappa shape index (κ1) is 11.1. The second-order valence-electron chi connectivity index (χ2n) is 4.55. The van der Waals surface area contributed by atoms with Crippen molar-refractivity contribution in [2.24, 2.45) is 0 Å². The third-order valence-electron chi connectivity index (χ3n) is 3.44. The molecule has 2 N–H and O–H groups in total. The van der Waals surface area contributed by atoms with Crippen LogP contribution in [0.5, 0.6) is 0 Å². The van der Waals surface area contributed by atoms with Crippen molar-refractivity contribution in [3.63, 3.8) is 0 Å². The van der Waals surface area contributed by atoms with Gasteiger partial charge >= 0.3 is 6.09 Å². The predicted octanol–water partition coefficient (Wildman–Crippen LogP) is 1.18. The van der Waals surface area contributed by atoms with Crippen LogP contribution in [0.15, 0.2) is 0 Å². The molecule has 4 nitrogen and oxygen atoms in total. The molecule has 3 atom stereocenters. The van der Waals surface area contributed by atoms with Gasteiger partial charge in [-0.1, -0.05) is 0 Å². The van der Waals surface area contributed by atoms with Crippen molar-refractivity contribution < 1.29 is 9.90 Å². The van der Waals surface area contributed by atoms with Gasteiger partial charge in [-0.3, -0.25) is 4.90 Å². The topological polar surface area (TPSA) is 52.6 Å². The van der Waals surface area contributed by atoms with Crippen LogP contribution in [0.3, 0.4) is 0 Å².